The maximum Gasteiger partial charge on any atom is 0.286 e. The summed E-state index contributed by atoms with van der Waals surface area (Å²) in [4.78, 5) is 26.9. The molecule has 21 heavy (non-hydrogen) atoms. The van der Waals surface area contributed by atoms with Crippen LogP contribution in [-0.4, -0.2) is 23.6 Å². The third-order valence-electron chi connectivity index (χ3n) is 2.42. The summed E-state index contributed by atoms with van der Waals surface area (Å²) in [6, 6.07) is 7.22. The summed E-state index contributed by atoms with van der Waals surface area (Å²) < 4.78 is 5.41. The third-order valence-corrected chi connectivity index (χ3v) is 3.32. The van der Waals surface area contributed by atoms with Gasteiger partial charge in [0.15, 0.2) is 5.17 Å². The molecule has 0 saturated carbocycles. The number of para-hydroxylation sites is 1. The van der Waals surface area contributed by atoms with Gasteiger partial charge in [-0.3, -0.25) is 9.59 Å². The van der Waals surface area contributed by atoms with Crippen molar-refractivity contribution in [3.8, 4) is 18.1 Å². The molecule has 0 unspecified atom stereocenters. The maximum absolute atomic E-state index is 11.8. The fourth-order valence-corrected chi connectivity index (χ4v) is 2.46. The zero-order valence-corrected chi connectivity index (χ0v) is 12.1. The highest BCUT2D eigenvalue weighted by atomic mass is 32.2. The average Bonchev–Trinajstić information content (AvgIpc) is 2.77. The summed E-state index contributed by atoms with van der Waals surface area (Å²) >= 11 is 1.11. The van der Waals surface area contributed by atoms with Crippen molar-refractivity contribution < 1.29 is 14.3 Å². The number of ether oxygens (including phenoxy) is 1. The van der Waals surface area contributed by atoms with Gasteiger partial charge in [0.1, 0.15) is 12.4 Å². The van der Waals surface area contributed by atoms with Crippen LogP contribution in [0.15, 0.2) is 34.2 Å². The molecule has 1 aliphatic rings. The standard InChI is InChI=1S/C15H12N2O3S/c1-3-8-20-12-7-5-4-6-11(12)9-13-14(19)17-15(21-13)16-10(2)18/h1,4-7,9H,8H2,2H3,(H,16,17,18,19). The molecule has 0 aromatic heterocycles. The van der Waals surface area contributed by atoms with Crippen LogP contribution in [-0.2, 0) is 9.59 Å². The predicted octanol–water partition coefficient (Wildman–Crippen LogP) is 1.80. The number of benzene rings is 1. The van der Waals surface area contributed by atoms with Crippen molar-refractivity contribution in [2.75, 3.05) is 6.61 Å². The van der Waals surface area contributed by atoms with Crippen LogP contribution in [0.3, 0.4) is 0 Å². The fourth-order valence-electron chi connectivity index (χ4n) is 1.61. The van der Waals surface area contributed by atoms with Crippen molar-refractivity contribution >= 4 is 34.8 Å². The van der Waals surface area contributed by atoms with Gasteiger partial charge in [-0.15, -0.1) is 6.42 Å². The molecule has 1 N–H and O–H groups in total. The molecule has 0 atom stereocenters. The van der Waals surface area contributed by atoms with E-state index in [2.05, 4.69) is 16.2 Å². The SMILES string of the molecule is C#CCOc1ccccc1C=C1SC(NC(C)=O)=NC1=O. The normalized spacial score (nSPS) is 15.5. The molecule has 106 valence electrons. The van der Waals surface area contributed by atoms with Gasteiger partial charge in [-0.1, -0.05) is 24.1 Å². The molecule has 1 heterocycles. The van der Waals surface area contributed by atoms with E-state index >= 15 is 0 Å². The maximum atomic E-state index is 11.8. The highest BCUT2D eigenvalue weighted by Gasteiger charge is 2.22. The van der Waals surface area contributed by atoms with Crippen molar-refractivity contribution in [1.29, 1.82) is 0 Å². The van der Waals surface area contributed by atoms with Crippen LogP contribution in [0.5, 0.6) is 5.75 Å². The summed E-state index contributed by atoms with van der Waals surface area (Å²) in [7, 11) is 0. The molecule has 0 spiro atoms. The van der Waals surface area contributed by atoms with E-state index in [1.54, 1.807) is 12.1 Å². The highest BCUT2D eigenvalue weighted by molar-refractivity contribution is 8.18. The first-order chi connectivity index (χ1) is 10.1. The third kappa shape index (κ3) is 3.97. The first kappa shape index (κ1) is 14.9. The number of hydrogen-bond acceptors (Lipinski definition) is 4. The Labute approximate surface area is 126 Å². The van der Waals surface area contributed by atoms with Gasteiger partial charge >= 0.3 is 0 Å². The Kier molecular flexibility index (Phi) is 4.80. The molecule has 2 amide bonds. The zero-order valence-electron chi connectivity index (χ0n) is 11.3. The van der Waals surface area contributed by atoms with E-state index in [9.17, 15) is 9.59 Å². The molecule has 0 radical (unpaired) electrons. The molecule has 0 bridgehead atoms. The van der Waals surface area contributed by atoms with Gasteiger partial charge < -0.3 is 10.1 Å². The Morgan fingerprint density at radius 1 is 1.52 bits per heavy atom. The van der Waals surface area contributed by atoms with Crippen LogP contribution in [0.1, 0.15) is 12.5 Å². The van der Waals surface area contributed by atoms with Gasteiger partial charge in [0, 0.05) is 12.5 Å². The molecule has 6 heteroatoms. The van der Waals surface area contributed by atoms with E-state index in [-0.39, 0.29) is 17.7 Å². The second kappa shape index (κ2) is 6.77. The van der Waals surface area contributed by atoms with Crippen molar-refractivity contribution in [1.82, 2.24) is 5.32 Å². The molecule has 1 aliphatic heterocycles. The highest BCUT2D eigenvalue weighted by Crippen LogP contribution is 2.30. The molecular weight excluding hydrogens is 288 g/mol. The van der Waals surface area contributed by atoms with Crippen molar-refractivity contribution in [2.45, 2.75) is 6.92 Å². The Balaban J connectivity index is 2.20. The number of amides is 2. The number of amidine groups is 1. The average molecular weight is 300 g/mol. The summed E-state index contributed by atoms with van der Waals surface area (Å²) in [6.07, 6.45) is 6.83. The molecule has 0 saturated heterocycles. The summed E-state index contributed by atoms with van der Waals surface area (Å²) in [5.74, 6) is 2.31. The van der Waals surface area contributed by atoms with E-state index in [0.29, 0.717) is 10.7 Å². The molecule has 5 nitrogen and oxygen atoms in total. The number of aliphatic imine (C=N–C) groups is 1. The summed E-state index contributed by atoms with van der Waals surface area (Å²) in [5, 5.41) is 2.77. The predicted molar refractivity (Wildman–Crippen MR) is 82.6 cm³/mol. The lowest BCUT2D eigenvalue weighted by Gasteiger charge is -2.06. The lowest BCUT2D eigenvalue weighted by molar-refractivity contribution is -0.117. The number of carbonyl (C=O) groups excluding carboxylic acids is 2. The van der Waals surface area contributed by atoms with Crippen LogP contribution in [0.4, 0.5) is 0 Å². The lowest BCUT2D eigenvalue weighted by Crippen LogP contribution is -2.23. The van der Waals surface area contributed by atoms with E-state index in [1.165, 1.54) is 6.92 Å². The van der Waals surface area contributed by atoms with Gasteiger partial charge in [-0.2, -0.15) is 4.99 Å². The van der Waals surface area contributed by atoms with Gasteiger partial charge in [-0.05, 0) is 23.9 Å². The van der Waals surface area contributed by atoms with Gasteiger partial charge in [0.2, 0.25) is 5.91 Å². The van der Waals surface area contributed by atoms with Crippen molar-refractivity contribution in [2.24, 2.45) is 4.99 Å². The van der Waals surface area contributed by atoms with Crippen LogP contribution in [0, 0.1) is 12.3 Å². The van der Waals surface area contributed by atoms with E-state index in [4.69, 9.17) is 11.2 Å². The smallest absolute Gasteiger partial charge is 0.286 e. The quantitative estimate of drug-likeness (QED) is 0.683. The number of hydrogen-bond donors (Lipinski definition) is 1. The monoisotopic (exact) mass is 300 g/mol. The Hall–Kier alpha value is -2.52. The van der Waals surface area contributed by atoms with E-state index in [1.807, 2.05) is 18.2 Å². The molecule has 0 aliphatic carbocycles. The molecule has 0 fully saturated rings. The van der Waals surface area contributed by atoms with Crippen LogP contribution >= 0.6 is 11.8 Å². The van der Waals surface area contributed by atoms with E-state index < -0.39 is 5.91 Å². The van der Waals surface area contributed by atoms with Gasteiger partial charge in [0.05, 0.1) is 4.91 Å². The number of rotatable bonds is 3. The topological polar surface area (TPSA) is 67.8 Å². The van der Waals surface area contributed by atoms with Crippen molar-refractivity contribution in [3.63, 3.8) is 0 Å². The minimum absolute atomic E-state index is 0.148. The van der Waals surface area contributed by atoms with Crippen LogP contribution in [0.2, 0.25) is 0 Å². The number of nitrogens with one attached hydrogen (secondary N) is 1. The molecular formula is C15H12N2O3S. The first-order valence-corrected chi connectivity index (χ1v) is 6.87. The summed E-state index contributed by atoms with van der Waals surface area (Å²) in [6.45, 7) is 1.51. The second-order valence-electron chi connectivity index (χ2n) is 4.04. The number of thioether (sulfide) groups is 1. The number of terminal acetylenes is 1. The fraction of sp³-hybridized carbons (Fsp3) is 0.133. The Morgan fingerprint density at radius 2 is 2.29 bits per heavy atom. The van der Waals surface area contributed by atoms with Gasteiger partial charge in [-0.25, -0.2) is 0 Å². The first-order valence-electron chi connectivity index (χ1n) is 6.05. The number of nitrogens with zero attached hydrogens (tertiary/aromatic N) is 1. The second-order valence-corrected chi connectivity index (χ2v) is 5.08. The largest absolute Gasteiger partial charge is 0.480 e. The lowest BCUT2D eigenvalue weighted by atomic mass is 10.2. The number of carbonyl (C=O) groups is 2. The van der Waals surface area contributed by atoms with Crippen LogP contribution < -0.4 is 10.1 Å². The van der Waals surface area contributed by atoms with Crippen molar-refractivity contribution in [3.05, 3.63) is 34.7 Å². The minimum atomic E-state index is -0.393. The zero-order chi connectivity index (χ0) is 15.2. The molecule has 2 rings (SSSR count). The minimum Gasteiger partial charge on any atom is -0.480 e. The summed E-state index contributed by atoms with van der Waals surface area (Å²) in [5.41, 5.74) is 0.725. The van der Waals surface area contributed by atoms with Crippen LogP contribution in [0.25, 0.3) is 6.08 Å². The van der Waals surface area contributed by atoms with Gasteiger partial charge in [0.25, 0.3) is 5.91 Å². The Morgan fingerprint density at radius 3 is 3.00 bits per heavy atom. The van der Waals surface area contributed by atoms with E-state index in [0.717, 1.165) is 17.3 Å². The molecule has 1 aromatic rings. The Bertz CT molecular complexity index is 686. The molecule has 1 aromatic carbocycles.